The van der Waals surface area contributed by atoms with Gasteiger partial charge < -0.3 is 15.4 Å². The zero-order valence-electron chi connectivity index (χ0n) is 18.4. The molecule has 0 aromatic heterocycles. The Labute approximate surface area is 180 Å². The molecule has 0 spiro atoms. The van der Waals surface area contributed by atoms with Crippen molar-refractivity contribution in [3.05, 3.63) is 64.7 Å². The van der Waals surface area contributed by atoms with Gasteiger partial charge in [0.2, 0.25) is 0 Å². The summed E-state index contributed by atoms with van der Waals surface area (Å²) in [4.78, 5) is 4.65. The van der Waals surface area contributed by atoms with Crippen molar-refractivity contribution in [3.63, 3.8) is 0 Å². The van der Waals surface area contributed by atoms with Gasteiger partial charge in [-0.05, 0) is 43.0 Å². The Bertz CT molecular complexity index is 939. The maximum absolute atomic E-state index is 11.4. The van der Waals surface area contributed by atoms with Crippen LogP contribution in [0.1, 0.15) is 42.5 Å². The molecule has 2 aromatic carbocycles. The fourth-order valence-electron chi connectivity index (χ4n) is 2.89. The second-order valence-corrected chi connectivity index (χ2v) is 9.54. The molecule has 0 radical (unpaired) electrons. The number of hydrogen-bond acceptors (Lipinski definition) is 4. The fourth-order valence-corrected chi connectivity index (χ4v) is 3.69. The Morgan fingerprint density at radius 1 is 1.03 bits per heavy atom. The molecular formula is C23H33N3O3S. The van der Waals surface area contributed by atoms with E-state index in [0.29, 0.717) is 19.7 Å². The molecule has 0 aliphatic heterocycles. The standard InChI is InChI=1S/C23H33N3O3S/c1-5-13-29-22-14-18(3)7-12-21(22)16-26-23(24-6-2)25-15-19-8-10-20(11-9-19)17-30(4,27)28/h7-12,14H,5-6,13,15-17H2,1-4H3,(H2,24,25,26). The fraction of sp³-hybridized carbons (Fsp3) is 0.435. The predicted octanol–water partition coefficient (Wildman–Crippen LogP) is 3.58. The van der Waals surface area contributed by atoms with E-state index in [-0.39, 0.29) is 5.75 Å². The van der Waals surface area contributed by atoms with Crippen LogP contribution in [0.25, 0.3) is 0 Å². The summed E-state index contributed by atoms with van der Waals surface area (Å²) < 4.78 is 28.7. The zero-order chi connectivity index (χ0) is 22.0. The van der Waals surface area contributed by atoms with E-state index in [4.69, 9.17) is 4.74 Å². The number of nitrogens with zero attached hydrogens (tertiary/aromatic N) is 1. The maximum Gasteiger partial charge on any atom is 0.191 e. The Morgan fingerprint density at radius 3 is 2.37 bits per heavy atom. The number of aliphatic imine (C=N–C) groups is 1. The van der Waals surface area contributed by atoms with Crippen molar-refractivity contribution in [3.8, 4) is 5.75 Å². The molecule has 30 heavy (non-hydrogen) atoms. The molecule has 0 atom stereocenters. The molecule has 0 unspecified atom stereocenters. The van der Waals surface area contributed by atoms with Crippen molar-refractivity contribution in [2.75, 3.05) is 19.4 Å². The minimum atomic E-state index is -3.03. The van der Waals surface area contributed by atoms with E-state index in [1.807, 2.05) is 31.2 Å². The zero-order valence-corrected chi connectivity index (χ0v) is 19.2. The van der Waals surface area contributed by atoms with Crippen LogP contribution in [0.15, 0.2) is 47.5 Å². The Kier molecular flexibility index (Phi) is 9.17. The molecule has 0 fully saturated rings. The van der Waals surface area contributed by atoms with Gasteiger partial charge in [-0.1, -0.05) is 43.3 Å². The highest BCUT2D eigenvalue weighted by Crippen LogP contribution is 2.20. The molecule has 6 nitrogen and oxygen atoms in total. The minimum Gasteiger partial charge on any atom is -0.493 e. The largest absolute Gasteiger partial charge is 0.493 e. The van der Waals surface area contributed by atoms with E-state index < -0.39 is 9.84 Å². The third kappa shape index (κ3) is 8.45. The van der Waals surface area contributed by atoms with Crippen LogP contribution in [0, 0.1) is 6.92 Å². The summed E-state index contributed by atoms with van der Waals surface area (Å²) in [5.41, 5.74) is 4.07. The van der Waals surface area contributed by atoms with Gasteiger partial charge in [0.1, 0.15) is 5.75 Å². The van der Waals surface area contributed by atoms with Gasteiger partial charge in [-0.25, -0.2) is 13.4 Å². The molecule has 2 N–H and O–H groups in total. The number of aryl methyl sites for hydroxylation is 1. The molecule has 0 aliphatic rings. The first-order chi connectivity index (χ1) is 14.3. The molecule has 0 bridgehead atoms. The third-order valence-electron chi connectivity index (χ3n) is 4.35. The molecule has 2 rings (SSSR count). The lowest BCUT2D eigenvalue weighted by Crippen LogP contribution is -2.36. The highest BCUT2D eigenvalue weighted by molar-refractivity contribution is 7.89. The van der Waals surface area contributed by atoms with Gasteiger partial charge in [0.05, 0.1) is 18.9 Å². The Morgan fingerprint density at radius 2 is 1.73 bits per heavy atom. The van der Waals surface area contributed by atoms with Gasteiger partial charge in [-0.3, -0.25) is 0 Å². The minimum absolute atomic E-state index is 0.0553. The van der Waals surface area contributed by atoms with E-state index in [9.17, 15) is 8.42 Å². The molecule has 0 saturated heterocycles. The number of nitrogens with one attached hydrogen (secondary N) is 2. The van der Waals surface area contributed by atoms with Crippen LogP contribution >= 0.6 is 0 Å². The first-order valence-corrected chi connectivity index (χ1v) is 12.4. The second kappa shape index (κ2) is 11.6. The molecule has 0 saturated carbocycles. The molecular weight excluding hydrogens is 398 g/mol. The summed E-state index contributed by atoms with van der Waals surface area (Å²) in [6.07, 6.45) is 2.21. The Hall–Kier alpha value is -2.54. The summed E-state index contributed by atoms with van der Waals surface area (Å²) in [6.45, 7) is 8.74. The van der Waals surface area contributed by atoms with E-state index >= 15 is 0 Å². The van der Waals surface area contributed by atoms with Crippen molar-refractivity contribution in [1.82, 2.24) is 10.6 Å². The molecule has 164 valence electrons. The summed E-state index contributed by atoms with van der Waals surface area (Å²) in [7, 11) is -3.03. The summed E-state index contributed by atoms with van der Waals surface area (Å²) in [5, 5.41) is 6.62. The van der Waals surface area contributed by atoms with Crippen LogP contribution in [0.2, 0.25) is 0 Å². The van der Waals surface area contributed by atoms with Crippen LogP contribution in [0.5, 0.6) is 5.75 Å². The second-order valence-electron chi connectivity index (χ2n) is 7.39. The number of benzene rings is 2. The van der Waals surface area contributed by atoms with E-state index in [1.54, 1.807) is 0 Å². The summed E-state index contributed by atoms with van der Waals surface area (Å²) in [5.74, 6) is 1.68. The van der Waals surface area contributed by atoms with Gasteiger partial charge in [-0.15, -0.1) is 0 Å². The third-order valence-corrected chi connectivity index (χ3v) is 5.20. The SMILES string of the molecule is CCCOc1cc(C)ccc1CNC(=NCc1ccc(CS(C)(=O)=O)cc1)NCC. The monoisotopic (exact) mass is 431 g/mol. The first kappa shape index (κ1) is 23.7. The summed E-state index contributed by atoms with van der Waals surface area (Å²) >= 11 is 0. The highest BCUT2D eigenvalue weighted by atomic mass is 32.2. The average Bonchev–Trinajstić information content (AvgIpc) is 2.69. The van der Waals surface area contributed by atoms with Gasteiger partial charge in [0, 0.05) is 24.9 Å². The van der Waals surface area contributed by atoms with Crippen molar-refractivity contribution in [1.29, 1.82) is 0 Å². The van der Waals surface area contributed by atoms with Crippen molar-refractivity contribution >= 4 is 15.8 Å². The average molecular weight is 432 g/mol. The highest BCUT2D eigenvalue weighted by Gasteiger charge is 2.07. The van der Waals surface area contributed by atoms with E-state index in [2.05, 4.69) is 47.7 Å². The molecule has 0 aliphatic carbocycles. The number of guanidine groups is 1. The molecule has 2 aromatic rings. The van der Waals surface area contributed by atoms with Gasteiger partial charge in [0.25, 0.3) is 0 Å². The molecule has 0 heterocycles. The van der Waals surface area contributed by atoms with Crippen LogP contribution in [-0.4, -0.2) is 33.8 Å². The number of hydrogen-bond donors (Lipinski definition) is 2. The van der Waals surface area contributed by atoms with E-state index in [0.717, 1.165) is 41.4 Å². The van der Waals surface area contributed by atoms with Crippen molar-refractivity contribution < 1.29 is 13.2 Å². The van der Waals surface area contributed by atoms with Crippen LogP contribution in [0.3, 0.4) is 0 Å². The number of sulfone groups is 1. The predicted molar refractivity (Wildman–Crippen MR) is 124 cm³/mol. The Balaban J connectivity index is 2.03. The maximum atomic E-state index is 11.4. The van der Waals surface area contributed by atoms with Gasteiger partial charge in [0.15, 0.2) is 15.8 Å². The van der Waals surface area contributed by atoms with Crippen molar-refractivity contribution in [2.45, 2.75) is 46.0 Å². The lowest BCUT2D eigenvalue weighted by Gasteiger charge is -2.15. The summed E-state index contributed by atoms with van der Waals surface area (Å²) in [6, 6.07) is 13.8. The van der Waals surface area contributed by atoms with Crippen LogP contribution < -0.4 is 15.4 Å². The van der Waals surface area contributed by atoms with E-state index in [1.165, 1.54) is 11.8 Å². The lowest BCUT2D eigenvalue weighted by atomic mass is 10.1. The number of ether oxygens (including phenoxy) is 1. The first-order valence-electron chi connectivity index (χ1n) is 10.3. The van der Waals surface area contributed by atoms with Gasteiger partial charge in [-0.2, -0.15) is 0 Å². The van der Waals surface area contributed by atoms with Crippen molar-refractivity contribution in [2.24, 2.45) is 4.99 Å². The van der Waals surface area contributed by atoms with Crippen LogP contribution in [0.4, 0.5) is 0 Å². The molecule has 0 amide bonds. The van der Waals surface area contributed by atoms with Gasteiger partial charge >= 0.3 is 0 Å². The quantitative estimate of drug-likeness (QED) is 0.444. The molecule has 7 heteroatoms. The topological polar surface area (TPSA) is 79.8 Å². The normalized spacial score (nSPS) is 11.9. The lowest BCUT2D eigenvalue weighted by molar-refractivity contribution is 0.313. The van der Waals surface area contributed by atoms with Crippen LogP contribution in [-0.2, 0) is 28.7 Å². The number of rotatable bonds is 10. The smallest absolute Gasteiger partial charge is 0.191 e.